The number of halogens is 2. The molecule has 6 aromatic rings. The van der Waals surface area contributed by atoms with Gasteiger partial charge in [0.15, 0.2) is 0 Å². The fraction of sp³-hybridized carbons (Fsp3) is 0.176. The molecular formula is C34H27F2N7O3. The number of fused-ring (bicyclic) bond motifs is 1. The van der Waals surface area contributed by atoms with E-state index in [9.17, 15) is 9.18 Å². The van der Waals surface area contributed by atoms with Crippen LogP contribution in [0.2, 0.25) is 0 Å². The van der Waals surface area contributed by atoms with Gasteiger partial charge in [-0.15, -0.1) is 5.10 Å². The number of carbonyl (C=O) groups is 1. The number of benzene rings is 3. The molecule has 0 atom stereocenters. The summed E-state index contributed by atoms with van der Waals surface area (Å²) in [6.45, 7) is 2.86. The normalized spacial score (nSPS) is 11.0. The van der Waals surface area contributed by atoms with Crippen molar-refractivity contribution in [3.63, 3.8) is 0 Å². The van der Waals surface area contributed by atoms with Crippen molar-refractivity contribution in [3.05, 3.63) is 124 Å². The molecule has 0 saturated heterocycles. The Hall–Kier alpha value is -5.96. The van der Waals surface area contributed by atoms with Crippen molar-refractivity contribution < 1.29 is 23.0 Å². The summed E-state index contributed by atoms with van der Waals surface area (Å²) in [5.41, 5.74) is 4.48. The van der Waals surface area contributed by atoms with Crippen molar-refractivity contribution in [2.45, 2.75) is 33.0 Å². The molecule has 6 rings (SSSR count). The Morgan fingerprint density at radius 1 is 0.978 bits per heavy atom. The summed E-state index contributed by atoms with van der Waals surface area (Å²) < 4.78 is 44.2. The first-order valence-corrected chi connectivity index (χ1v) is 14.4. The van der Waals surface area contributed by atoms with Crippen molar-refractivity contribution in [1.82, 2.24) is 29.5 Å². The third kappa shape index (κ3) is 6.16. The lowest BCUT2D eigenvalue weighted by molar-refractivity contribution is 0.0601. The number of imidazole rings is 1. The van der Waals surface area contributed by atoms with Crippen LogP contribution in [-0.4, -0.2) is 42.6 Å². The summed E-state index contributed by atoms with van der Waals surface area (Å²) in [5.74, 6) is -0.623. The molecule has 0 N–H and O–H groups in total. The zero-order valence-corrected chi connectivity index (χ0v) is 24.9. The van der Waals surface area contributed by atoms with Gasteiger partial charge >= 0.3 is 5.97 Å². The third-order valence-corrected chi connectivity index (χ3v) is 7.54. The molecule has 0 saturated carbocycles. The SMILES string of the molecule is CCn1nncc1Cn1c(Cc2ccc(-c3cccc(OCc4ccc(C#N)cc4F)n3)cc2F)nc2ccc(C(=O)OC)cc21. The molecule has 0 amide bonds. The topological polar surface area (TPSA) is 121 Å². The number of rotatable bonds is 10. The minimum absolute atomic E-state index is 0.0848. The van der Waals surface area contributed by atoms with Gasteiger partial charge in [-0.05, 0) is 55.0 Å². The maximum Gasteiger partial charge on any atom is 0.337 e. The largest absolute Gasteiger partial charge is 0.473 e. The van der Waals surface area contributed by atoms with Gasteiger partial charge in [-0.1, -0.05) is 29.5 Å². The molecule has 0 bridgehead atoms. The molecule has 12 heteroatoms. The van der Waals surface area contributed by atoms with Gasteiger partial charge in [-0.25, -0.2) is 28.2 Å². The Morgan fingerprint density at radius 3 is 2.57 bits per heavy atom. The number of nitrogens with zero attached hydrogens (tertiary/aromatic N) is 7. The van der Waals surface area contributed by atoms with Gasteiger partial charge in [0, 0.05) is 30.2 Å². The number of hydrogen-bond acceptors (Lipinski definition) is 8. The van der Waals surface area contributed by atoms with Gasteiger partial charge in [0.25, 0.3) is 0 Å². The Bertz CT molecular complexity index is 2120. The van der Waals surface area contributed by atoms with Gasteiger partial charge in [-0.2, -0.15) is 5.26 Å². The van der Waals surface area contributed by atoms with E-state index in [-0.39, 0.29) is 30.0 Å². The van der Waals surface area contributed by atoms with Gasteiger partial charge < -0.3 is 14.0 Å². The van der Waals surface area contributed by atoms with Gasteiger partial charge in [0.2, 0.25) is 5.88 Å². The van der Waals surface area contributed by atoms with Crippen molar-refractivity contribution in [2.75, 3.05) is 7.11 Å². The fourth-order valence-corrected chi connectivity index (χ4v) is 5.12. The molecule has 10 nitrogen and oxygen atoms in total. The average molecular weight is 620 g/mol. The summed E-state index contributed by atoms with van der Waals surface area (Å²) in [6.07, 6.45) is 1.85. The van der Waals surface area contributed by atoms with Crippen LogP contribution in [0.3, 0.4) is 0 Å². The molecule has 0 fully saturated rings. The highest BCUT2D eigenvalue weighted by molar-refractivity contribution is 5.93. The summed E-state index contributed by atoms with van der Waals surface area (Å²) in [4.78, 5) is 21.5. The van der Waals surface area contributed by atoms with Crippen molar-refractivity contribution >= 4 is 17.0 Å². The molecule has 230 valence electrons. The smallest absolute Gasteiger partial charge is 0.337 e. The van der Waals surface area contributed by atoms with E-state index in [1.54, 1.807) is 59.4 Å². The molecule has 0 aliphatic heterocycles. The number of aryl methyl sites for hydroxylation is 1. The van der Waals surface area contributed by atoms with E-state index in [1.165, 1.54) is 25.3 Å². The predicted octanol–water partition coefficient (Wildman–Crippen LogP) is 5.86. The lowest BCUT2D eigenvalue weighted by atomic mass is 10.1. The second kappa shape index (κ2) is 13.0. The van der Waals surface area contributed by atoms with Crippen LogP contribution in [0.5, 0.6) is 5.88 Å². The number of nitriles is 1. The van der Waals surface area contributed by atoms with Crippen molar-refractivity contribution in [3.8, 4) is 23.2 Å². The Labute approximate surface area is 262 Å². The maximum atomic E-state index is 15.7. The first-order valence-electron chi connectivity index (χ1n) is 14.4. The summed E-state index contributed by atoms with van der Waals surface area (Å²) in [7, 11) is 1.32. The molecule has 0 aliphatic rings. The van der Waals surface area contributed by atoms with Crippen LogP contribution in [0.25, 0.3) is 22.3 Å². The zero-order valence-electron chi connectivity index (χ0n) is 24.9. The van der Waals surface area contributed by atoms with Crippen LogP contribution >= 0.6 is 0 Å². The second-order valence-corrected chi connectivity index (χ2v) is 10.4. The third-order valence-electron chi connectivity index (χ3n) is 7.54. The Morgan fingerprint density at radius 2 is 1.80 bits per heavy atom. The van der Waals surface area contributed by atoms with Crippen molar-refractivity contribution in [1.29, 1.82) is 5.26 Å². The second-order valence-electron chi connectivity index (χ2n) is 10.4. The predicted molar refractivity (Wildman–Crippen MR) is 164 cm³/mol. The Kier molecular flexibility index (Phi) is 8.47. The van der Waals surface area contributed by atoms with Crippen LogP contribution in [-0.2, 0) is 30.9 Å². The summed E-state index contributed by atoms with van der Waals surface area (Å²) >= 11 is 0. The van der Waals surface area contributed by atoms with E-state index >= 15 is 4.39 Å². The van der Waals surface area contributed by atoms with Crippen LogP contribution in [0, 0.1) is 23.0 Å². The molecule has 3 heterocycles. The molecule has 0 spiro atoms. The first-order chi connectivity index (χ1) is 22.4. The number of pyridine rings is 1. The van der Waals surface area contributed by atoms with E-state index in [1.807, 2.05) is 17.6 Å². The number of aromatic nitrogens is 6. The summed E-state index contributed by atoms with van der Waals surface area (Å²) in [5, 5.41) is 17.1. The monoisotopic (exact) mass is 619 g/mol. The molecule has 3 aromatic carbocycles. The van der Waals surface area contributed by atoms with Crippen molar-refractivity contribution in [2.24, 2.45) is 0 Å². The van der Waals surface area contributed by atoms with Gasteiger partial charge in [0.1, 0.15) is 24.1 Å². The van der Waals surface area contributed by atoms with E-state index < -0.39 is 17.6 Å². The van der Waals surface area contributed by atoms with Crippen LogP contribution < -0.4 is 4.74 Å². The lowest BCUT2D eigenvalue weighted by Crippen LogP contribution is -2.11. The Balaban J connectivity index is 1.27. The fourth-order valence-electron chi connectivity index (χ4n) is 5.12. The summed E-state index contributed by atoms with van der Waals surface area (Å²) in [6, 6.07) is 21.1. The minimum atomic E-state index is -0.544. The molecule has 0 radical (unpaired) electrons. The number of esters is 1. The number of carbonyl (C=O) groups excluding carboxylic acids is 1. The van der Waals surface area contributed by atoms with Gasteiger partial charge in [-0.3, -0.25) is 0 Å². The highest BCUT2D eigenvalue weighted by Crippen LogP contribution is 2.26. The van der Waals surface area contributed by atoms with E-state index in [2.05, 4.69) is 15.3 Å². The minimum Gasteiger partial charge on any atom is -0.473 e. The molecule has 46 heavy (non-hydrogen) atoms. The molecule has 0 unspecified atom stereocenters. The average Bonchev–Trinajstić information content (AvgIpc) is 3.68. The first kappa shape index (κ1) is 30.1. The quantitative estimate of drug-likeness (QED) is 0.175. The lowest BCUT2D eigenvalue weighted by Gasteiger charge is -2.12. The molecular weight excluding hydrogens is 592 g/mol. The molecule has 3 aromatic heterocycles. The highest BCUT2D eigenvalue weighted by atomic mass is 19.1. The van der Waals surface area contributed by atoms with Crippen LogP contribution in [0.1, 0.15) is 45.5 Å². The van der Waals surface area contributed by atoms with Crippen LogP contribution in [0.15, 0.2) is 79.0 Å². The maximum absolute atomic E-state index is 15.7. The molecule has 0 aliphatic carbocycles. The van der Waals surface area contributed by atoms with Crippen LogP contribution in [0.4, 0.5) is 8.78 Å². The number of hydrogen-bond donors (Lipinski definition) is 0. The highest BCUT2D eigenvalue weighted by Gasteiger charge is 2.18. The number of methoxy groups -OCH3 is 1. The van der Waals surface area contributed by atoms with E-state index in [0.717, 1.165) is 11.8 Å². The van der Waals surface area contributed by atoms with E-state index in [0.29, 0.717) is 52.3 Å². The standard InChI is InChI=1S/C34H27F2N7O3/c1-3-43-26(18-38-41-43)19-42-31-15-24(34(44)45-2)11-12-30(31)39-32(42)16-22-9-10-23(14-28(22)36)29-5-4-6-33(40-29)46-20-25-8-7-21(17-37)13-27(25)35/h4-15,18H,3,16,19-20H2,1-2H3. The number of ether oxygens (including phenoxy) is 2. The zero-order chi connectivity index (χ0) is 32.2. The van der Waals surface area contributed by atoms with E-state index in [4.69, 9.17) is 19.7 Å². The van der Waals surface area contributed by atoms with Gasteiger partial charge in [0.05, 0.1) is 59.5 Å².